The van der Waals surface area contributed by atoms with E-state index in [1.54, 1.807) is 48.5 Å². The summed E-state index contributed by atoms with van der Waals surface area (Å²) in [5.74, 6) is -0.953. The summed E-state index contributed by atoms with van der Waals surface area (Å²) >= 11 is 5.87. The standard InChI is InChI=1S/C25H16ClN3O4/c26-19-7-9-20(10-8-19)29-24(31)22(23(30)28-25(29)32)13-16-5-11-21(12-6-16)33-15-18-4-2-1-3-17(18)14-27/h1-13H,15H2,(H,28,30,32)/b22-13+. The predicted molar refractivity (Wildman–Crippen MR) is 122 cm³/mol. The van der Waals surface area contributed by atoms with E-state index in [0.29, 0.717) is 27.6 Å². The Bertz CT molecular complexity index is 1310. The molecular weight excluding hydrogens is 442 g/mol. The summed E-state index contributed by atoms with van der Waals surface area (Å²) < 4.78 is 5.74. The third-order valence-corrected chi connectivity index (χ3v) is 5.16. The second kappa shape index (κ2) is 9.39. The Balaban J connectivity index is 1.52. The van der Waals surface area contributed by atoms with Gasteiger partial charge in [-0.1, -0.05) is 41.9 Å². The number of imide groups is 2. The monoisotopic (exact) mass is 457 g/mol. The quantitative estimate of drug-likeness (QED) is 0.450. The van der Waals surface area contributed by atoms with Crippen LogP contribution in [-0.4, -0.2) is 17.8 Å². The first kappa shape index (κ1) is 21.8. The minimum absolute atomic E-state index is 0.179. The number of amides is 4. The zero-order chi connectivity index (χ0) is 23.4. The first-order valence-corrected chi connectivity index (χ1v) is 10.2. The van der Waals surface area contributed by atoms with Crippen LogP contribution < -0.4 is 15.0 Å². The van der Waals surface area contributed by atoms with Crippen molar-refractivity contribution in [2.24, 2.45) is 0 Å². The number of anilines is 1. The Labute approximate surface area is 194 Å². The van der Waals surface area contributed by atoms with Crippen LogP contribution in [-0.2, 0) is 16.2 Å². The number of ether oxygens (including phenoxy) is 1. The van der Waals surface area contributed by atoms with Crippen LogP contribution in [0.5, 0.6) is 5.75 Å². The van der Waals surface area contributed by atoms with Crippen LogP contribution in [0.4, 0.5) is 10.5 Å². The van der Waals surface area contributed by atoms with Crippen LogP contribution in [0, 0.1) is 11.3 Å². The molecule has 0 atom stereocenters. The molecule has 0 unspecified atom stereocenters. The highest BCUT2D eigenvalue weighted by atomic mass is 35.5. The number of hydrogen-bond donors (Lipinski definition) is 1. The highest BCUT2D eigenvalue weighted by molar-refractivity contribution is 6.39. The molecule has 0 aliphatic carbocycles. The van der Waals surface area contributed by atoms with Crippen LogP contribution >= 0.6 is 11.6 Å². The maximum Gasteiger partial charge on any atom is 0.335 e. The number of halogens is 1. The first-order valence-electron chi connectivity index (χ1n) is 9.84. The molecule has 162 valence electrons. The molecule has 0 spiro atoms. The number of rotatable bonds is 5. The summed E-state index contributed by atoms with van der Waals surface area (Å²) in [5.41, 5.74) is 2.00. The molecule has 0 aromatic heterocycles. The predicted octanol–water partition coefficient (Wildman–Crippen LogP) is 4.46. The van der Waals surface area contributed by atoms with Crippen molar-refractivity contribution in [3.8, 4) is 11.8 Å². The molecule has 1 aliphatic heterocycles. The number of carbonyl (C=O) groups is 3. The molecule has 7 nitrogen and oxygen atoms in total. The lowest BCUT2D eigenvalue weighted by Crippen LogP contribution is -2.54. The van der Waals surface area contributed by atoms with Gasteiger partial charge in [-0.3, -0.25) is 14.9 Å². The number of nitrogens with zero attached hydrogens (tertiary/aromatic N) is 2. The van der Waals surface area contributed by atoms with E-state index in [9.17, 15) is 14.4 Å². The maximum absolute atomic E-state index is 12.9. The topological polar surface area (TPSA) is 99.5 Å². The molecule has 33 heavy (non-hydrogen) atoms. The molecule has 0 saturated carbocycles. The van der Waals surface area contributed by atoms with Gasteiger partial charge >= 0.3 is 6.03 Å². The van der Waals surface area contributed by atoms with Gasteiger partial charge in [0, 0.05) is 10.6 Å². The SMILES string of the molecule is N#Cc1ccccc1COc1ccc(/C=C2\C(=O)NC(=O)N(c3ccc(Cl)cc3)C2=O)cc1. The number of hydrogen-bond acceptors (Lipinski definition) is 5. The van der Waals surface area contributed by atoms with Crippen molar-refractivity contribution in [1.29, 1.82) is 5.26 Å². The zero-order valence-corrected chi connectivity index (χ0v) is 17.9. The Morgan fingerprint density at radius 3 is 2.36 bits per heavy atom. The van der Waals surface area contributed by atoms with Crippen LogP contribution in [0.25, 0.3) is 6.08 Å². The number of barbiturate groups is 1. The zero-order valence-electron chi connectivity index (χ0n) is 17.1. The number of carbonyl (C=O) groups excluding carboxylic acids is 3. The largest absolute Gasteiger partial charge is 0.489 e. The van der Waals surface area contributed by atoms with Gasteiger partial charge < -0.3 is 4.74 Å². The van der Waals surface area contributed by atoms with Gasteiger partial charge in [0.25, 0.3) is 11.8 Å². The van der Waals surface area contributed by atoms with Crippen LogP contribution in [0.1, 0.15) is 16.7 Å². The summed E-state index contributed by atoms with van der Waals surface area (Å²) in [6.07, 6.45) is 1.40. The Kier molecular flexibility index (Phi) is 6.20. The molecular formula is C25H16ClN3O4. The molecule has 8 heteroatoms. The smallest absolute Gasteiger partial charge is 0.335 e. The van der Waals surface area contributed by atoms with Gasteiger partial charge in [0.15, 0.2) is 0 Å². The van der Waals surface area contributed by atoms with Gasteiger partial charge in [-0.2, -0.15) is 5.26 Å². The Hall–Kier alpha value is -4.41. The van der Waals surface area contributed by atoms with E-state index >= 15 is 0 Å². The molecule has 0 radical (unpaired) electrons. The average Bonchev–Trinajstić information content (AvgIpc) is 2.82. The van der Waals surface area contributed by atoms with E-state index in [0.717, 1.165) is 10.5 Å². The van der Waals surface area contributed by atoms with Crippen molar-refractivity contribution in [3.05, 3.63) is 100 Å². The summed E-state index contributed by atoms with van der Waals surface area (Å²) in [6.45, 7) is 0.225. The molecule has 3 aromatic rings. The second-order valence-corrected chi connectivity index (χ2v) is 7.50. The van der Waals surface area contributed by atoms with E-state index < -0.39 is 17.8 Å². The van der Waals surface area contributed by atoms with E-state index in [1.807, 2.05) is 12.1 Å². The maximum atomic E-state index is 12.9. The number of nitrogens with one attached hydrogen (secondary N) is 1. The number of nitriles is 1. The Morgan fingerprint density at radius 2 is 1.67 bits per heavy atom. The third kappa shape index (κ3) is 4.76. The van der Waals surface area contributed by atoms with E-state index in [1.165, 1.54) is 18.2 Å². The normalized spacial score (nSPS) is 14.7. The molecule has 1 saturated heterocycles. The fourth-order valence-electron chi connectivity index (χ4n) is 3.23. The number of urea groups is 1. The van der Waals surface area contributed by atoms with Crippen LogP contribution in [0.2, 0.25) is 5.02 Å². The summed E-state index contributed by atoms with van der Waals surface area (Å²) in [4.78, 5) is 38.4. The molecule has 0 bridgehead atoms. The van der Waals surface area contributed by atoms with Crippen molar-refractivity contribution in [1.82, 2.24) is 5.32 Å². The van der Waals surface area contributed by atoms with Gasteiger partial charge in [0.2, 0.25) is 0 Å². The van der Waals surface area contributed by atoms with E-state index in [2.05, 4.69) is 11.4 Å². The average molecular weight is 458 g/mol. The summed E-state index contributed by atoms with van der Waals surface area (Å²) in [7, 11) is 0. The van der Waals surface area contributed by atoms with Gasteiger partial charge in [-0.05, 0) is 54.1 Å². The molecule has 1 heterocycles. The summed E-state index contributed by atoms with van der Waals surface area (Å²) in [5, 5.41) is 11.8. The van der Waals surface area contributed by atoms with Crippen molar-refractivity contribution in [3.63, 3.8) is 0 Å². The summed E-state index contributed by atoms with van der Waals surface area (Å²) in [6, 6.07) is 21.3. The lowest BCUT2D eigenvalue weighted by molar-refractivity contribution is -0.122. The van der Waals surface area contributed by atoms with Gasteiger partial charge in [0.1, 0.15) is 17.9 Å². The molecule has 1 N–H and O–H groups in total. The van der Waals surface area contributed by atoms with Crippen molar-refractivity contribution in [2.75, 3.05) is 4.90 Å². The van der Waals surface area contributed by atoms with Crippen LogP contribution in [0.15, 0.2) is 78.4 Å². The molecule has 4 amide bonds. The number of benzene rings is 3. The lowest BCUT2D eigenvalue weighted by Gasteiger charge is -2.26. The van der Waals surface area contributed by atoms with Crippen molar-refractivity contribution < 1.29 is 19.1 Å². The minimum Gasteiger partial charge on any atom is -0.489 e. The van der Waals surface area contributed by atoms with E-state index in [4.69, 9.17) is 21.6 Å². The van der Waals surface area contributed by atoms with Crippen molar-refractivity contribution >= 4 is 41.2 Å². The fourth-order valence-corrected chi connectivity index (χ4v) is 3.35. The molecule has 1 fully saturated rings. The second-order valence-electron chi connectivity index (χ2n) is 7.06. The van der Waals surface area contributed by atoms with Crippen LogP contribution in [0.3, 0.4) is 0 Å². The first-order chi connectivity index (χ1) is 16.0. The van der Waals surface area contributed by atoms with Gasteiger partial charge in [0.05, 0.1) is 17.3 Å². The van der Waals surface area contributed by atoms with Gasteiger partial charge in [-0.25, -0.2) is 9.69 Å². The molecule has 1 aliphatic rings. The Morgan fingerprint density at radius 1 is 0.970 bits per heavy atom. The van der Waals surface area contributed by atoms with Crippen molar-refractivity contribution in [2.45, 2.75) is 6.61 Å². The highest BCUT2D eigenvalue weighted by Crippen LogP contribution is 2.24. The lowest BCUT2D eigenvalue weighted by atomic mass is 10.1. The fraction of sp³-hybridized carbons (Fsp3) is 0.0400. The van der Waals surface area contributed by atoms with E-state index in [-0.39, 0.29) is 12.2 Å². The molecule has 4 rings (SSSR count). The van der Waals surface area contributed by atoms with Gasteiger partial charge in [-0.15, -0.1) is 0 Å². The molecule has 3 aromatic carbocycles. The highest BCUT2D eigenvalue weighted by Gasteiger charge is 2.36. The minimum atomic E-state index is -0.828. The third-order valence-electron chi connectivity index (χ3n) is 4.91.